The van der Waals surface area contributed by atoms with Crippen molar-refractivity contribution in [2.45, 2.75) is 0 Å². The standard InChI is InChI=1S/C18H19NO6/c1-9(23-4)16(20)13-7-12(19)8-14(17(21)10(2)24-5)15(13)18(22)11(3)25-6/h7-8H,1-3,19H2,4-6H3. The summed E-state index contributed by atoms with van der Waals surface area (Å²) in [4.78, 5) is 37.7. The van der Waals surface area contributed by atoms with Crippen LogP contribution in [0.2, 0.25) is 0 Å². The SMILES string of the molecule is C=C(OC)C(=O)c1cc(N)cc(C(=O)C(=C)OC)c1C(=O)C(=C)OC. The molecule has 0 bridgehead atoms. The highest BCUT2D eigenvalue weighted by Crippen LogP contribution is 2.26. The van der Waals surface area contributed by atoms with Crippen LogP contribution in [-0.4, -0.2) is 38.7 Å². The summed E-state index contributed by atoms with van der Waals surface area (Å²) in [6, 6.07) is 2.49. The van der Waals surface area contributed by atoms with Crippen molar-refractivity contribution < 1.29 is 28.6 Å². The number of allylic oxidation sites excluding steroid dienone is 3. The van der Waals surface area contributed by atoms with Crippen LogP contribution in [0.15, 0.2) is 49.1 Å². The van der Waals surface area contributed by atoms with Crippen molar-refractivity contribution in [2.75, 3.05) is 27.1 Å². The largest absolute Gasteiger partial charge is 0.493 e. The van der Waals surface area contributed by atoms with Gasteiger partial charge in [-0.25, -0.2) is 0 Å². The van der Waals surface area contributed by atoms with Crippen molar-refractivity contribution in [3.63, 3.8) is 0 Å². The van der Waals surface area contributed by atoms with Crippen molar-refractivity contribution in [3.8, 4) is 0 Å². The topological polar surface area (TPSA) is 105 Å². The lowest BCUT2D eigenvalue weighted by Crippen LogP contribution is -2.20. The molecule has 1 rings (SSSR count). The molecule has 7 nitrogen and oxygen atoms in total. The maximum atomic E-state index is 12.6. The Bertz CT molecular complexity index is 742. The van der Waals surface area contributed by atoms with Gasteiger partial charge < -0.3 is 19.9 Å². The molecule has 0 amide bonds. The Balaban J connectivity index is 3.80. The fourth-order valence-electron chi connectivity index (χ4n) is 1.99. The molecule has 0 saturated heterocycles. The van der Waals surface area contributed by atoms with E-state index in [0.29, 0.717) is 0 Å². The first-order valence-electron chi connectivity index (χ1n) is 6.95. The molecule has 0 atom stereocenters. The van der Waals surface area contributed by atoms with Crippen LogP contribution < -0.4 is 5.73 Å². The third kappa shape index (κ3) is 3.95. The number of ether oxygens (including phenoxy) is 3. The van der Waals surface area contributed by atoms with Gasteiger partial charge in [0.15, 0.2) is 17.3 Å². The Morgan fingerprint density at radius 1 is 0.760 bits per heavy atom. The first kappa shape index (κ1) is 19.7. The molecular weight excluding hydrogens is 326 g/mol. The number of methoxy groups -OCH3 is 3. The number of Topliss-reactive ketones (excluding diaryl/α,β-unsaturated/α-hetero) is 3. The van der Waals surface area contributed by atoms with Crippen molar-refractivity contribution in [2.24, 2.45) is 0 Å². The maximum Gasteiger partial charge on any atom is 0.228 e. The van der Waals surface area contributed by atoms with Gasteiger partial charge in [-0.1, -0.05) is 19.7 Å². The number of carbonyl (C=O) groups is 3. The lowest BCUT2D eigenvalue weighted by molar-refractivity contribution is 0.0910. The van der Waals surface area contributed by atoms with Crippen LogP contribution in [0.1, 0.15) is 31.1 Å². The molecule has 0 aliphatic rings. The summed E-state index contributed by atoms with van der Waals surface area (Å²) >= 11 is 0. The number of rotatable bonds is 9. The number of ketones is 3. The Kier molecular flexibility index (Phi) is 6.27. The van der Waals surface area contributed by atoms with E-state index < -0.39 is 17.3 Å². The molecule has 7 heteroatoms. The Morgan fingerprint density at radius 3 is 1.40 bits per heavy atom. The highest BCUT2D eigenvalue weighted by molar-refractivity contribution is 6.24. The molecule has 1 aromatic rings. The fraction of sp³-hybridized carbons (Fsp3) is 0.167. The number of hydrogen-bond donors (Lipinski definition) is 1. The van der Waals surface area contributed by atoms with E-state index in [4.69, 9.17) is 19.9 Å². The third-order valence-electron chi connectivity index (χ3n) is 3.38. The predicted molar refractivity (Wildman–Crippen MR) is 92.3 cm³/mol. The normalized spacial score (nSPS) is 9.72. The third-order valence-corrected chi connectivity index (χ3v) is 3.38. The summed E-state index contributed by atoms with van der Waals surface area (Å²) in [5, 5.41) is 0. The van der Waals surface area contributed by atoms with Crippen molar-refractivity contribution in [1.29, 1.82) is 0 Å². The fourth-order valence-corrected chi connectivity index (χ4v) is 1.99. The first-order valence-corrected chi connectivity index (χ1v) is 6.95. The van der Waals surface area contributed by atoms with Gasteiger partial charge in [0, 0.05) is 22.4 Å². The van der Waals surface area contributed by atoms with Crippen LogP contribution in [-0.2, 0) is 14.2 Å². The monoisotopic (exact) mass is 345 g/mol. The minimum atomic E-state index is -0.762. The van der Waals surface area contributed by atoms with Crippen molar-refractivity contribution in [3.05, 3.63) is 65.8 Å². The van der Waals surface area contributed by atoms with E-state index >= 15 is 0 Å². The Morgan fingerprint density at radius 2 is 1.08 bits per heavy atom. The van der Waals surface area contributed by atoms with E-state index in [-0.39, 0.29) is 39.7 Å². The molecule has 25 heavy (non-hydrogen) atoms. The van der Waals surface area contributed by atoms with Crippen LogP contribution in [0, 0.1) is 0 Å². The molecule has 0 spiro atoms. The number of nitrogen functional groups attached to an aromatic ring is 1. The van der Waals surface area contributed by atoms with Gasteiger partial charge >= 0.3 is 0 Å². The summed E-state index contributed by atoms with van der Waals surface area (Å²) in [6.07, 6.45) is 0. The van der Waals surface area contributed by atoms with E-state index in [0.717, 1.165) is 0 Å². The number of hydrogen-bond acceptors (Lipinski definition) is 7. The van der Waals surface area contributed by atoms with Crippen LogP contribution >= 0.6 is 0 Å². The first-order chi connectivity index (χ1) is 11.7. The van der Waals surface area contributed by atoms with E-state index in [1.165, 1.54) is 33.5 Å². The van der Waals surface area contributed by atoms with Crippen LogP contribution in [0.25, 0.3) is 0 Å². The van der Waals surface area contributed by atoms with E-state index in [2.05, 4.69) is 19.7 Å². The number of anilines is 1. The van der Waals surface area contributed by atoms with Gasteiger partial charge in [-0.2, -0.15) is 0 Å². The van der Waals surface area contributed by atoms with E-state index in [1.807, 2.05) is 0 Å². The molecule has 1 aromatic carbocycles. The Hall–Kier alpha value is -3.35. The van der Waals surface area contributed by atoms with Gasteiger partial charge in [0.05, 0.1) is 21.3 Å². The molecular formula is C18H19NO6. The van der Waals surface area contributed by atoms with Gasteiger partial charge in [-0.3, -0.25) is 14.4 Å². The zero-order valence-electron chi connectivity index (χ0n) is 14.3. The molecule has 2 N–H and O–H groups in total. The molecule has 132 valence electrons. The molecule has 0 radical (unpaired) electrons. The molecule has 0 aliphatic heterocycles. The molecule has 0 fully saturated rings. The number of benzene rings is 1. The summed E-state index contributed by atoms with van der Waals surface area (Å²) in [6.45, 7) is 10.4. The maximum absolute atomic E-state index is 12.6. The zero-order chi connectivity index (χ0) is 19.3. The van der Waals surface area contributed by atoms with Gasteiger partial charge in [0.2, 0.25) is 17.3 Å². The van der Waals surface area contributed by atoms with Gasteiger partial charge in [-0.15, -0.1) is 0 Å². The van der Waals surface area contributed by atoms with Crippen LogP contribution in [0.4, 0.5) is 5.69 Å². The number of nitrogens with two attached hydrogens (primary N) is 1. The average Bonchev–Trinajstić information content (AvgIpc) is 2.63. The van der Waals surface area contributed by atoms with Gasteiger partial charge in [-0.05, 0) is 12.1 Å². The van der Waals surface area contributed by atoms with Crippen LogP contribution in [0.5, 0.6) is 0 Å². The number of carbonyl (C=O) groups excluding carboxylic acids is 3. The summed E-state index contributed by atoms with van der Waals surface area (Å²) in [5.74, 6) is -2.91. The molecule has 0 unspecified atom stereocenters. The minimum Gasteiger partial charge on any atom is -0.493 e. The second kappa shape index (κ2) is 7.96. The lowest BCUT2D eigenvalue weighted by Gasteiger charge is -2.15. The van der Waals surface area contributed by atoms with Gasteiger partial charge in [0.25, 0.3) is 0 Å². The summed E-state index contributed by atoms with van der Waals surface area (Å²) in [5.41, 5.74) is 5.30. The summed E-state index contributed by atoms with van der Waals surface area (Å²) in [7, 11) is 3.74. The smallest absolute Gasteiger partial charge is 0.228 e. The van der Waals surface area contributed by atoms with Crippen molar-refractivity contribution in [1.82, 2.24) is 0 Å². The minimum absolute atomic E-state index is 0.0825. The molecule has 0 saturated carbocycles. The molecule has 0 heterocycles. The zero-order valence-corrected chi connectivity index (χ0v) is 14.3. The lowest BCUT2D eigenvalue weighted by atomic mass is 9.90. The highest BCUT2D eigenvalue weighted by Gasteiger charge is 2.29. The van der Waals surface area contributed by atoms with Crippen molar-refractivity contribution >= 4 is 23.0 Å². The Labute approximate surface area is 145 Å². The average molecular weight is 345 g/mol. The van der Waals surface area contributed by atoms with E-state index in [1.54, 1.807) is 0 Å². The molecule has 0 aromatic heterocycles. The van der Waals surface area contributed by atoms with E-state index in [9.17, 15) is 14.4 Å². The summed E-state index contributed by atoms with van der Waals surface area (Å²) < 4.78 is 14.5. The highest BCUT2D eigenvalue weighted by atomic mass is 16.5. The predicted octanol–water partition coefficient (Wildman–Crippen LogP) is 2.30. The second-order valence-corrected chi connectivity index (χ2v) is 4.86. The van der Waals surface area contributed by atoms with Crippen LogP contribution in [0.3, 0.4) is 0 Å². The molecule has 0 aliphatic carbocycles. The quantitative estimate of drug-likeness (QED) is 0.317. The van der Waals surface area contributed by atoms with Gasteiger partial charge in [0.1, 0.15) is 0 Å². The second-order valence-electron chi connectivity index (χ2n) is 4.86.